The van der Waals surface area contributed by atoms with Crippen molar-refractivity contribution in [1.82, 2.24) is 5.32 Å². The van der Waals surface area contributed by atoms with Crippen molar-refractivity contribution in [1.29, 1.82) is 0 Å². The van der Waals surface area contributed by atoms with Crippen molar-refractivity contribution in [2.75, 3.05) is 25.0 Å². The molecule has 1 aromatic carbocycles. The van der Waals surface area contributed by atoms with Gasteiger partial charge in [0.25, 0.3) is 0 Å². The van der Waals surface area contributed by atoms with Gasteiger partial charge in [-0.2, -0.15) is 0 Å². The molecule has 1 N–H and O–H groups in total. The Labute approximate surface area is 110 Å². The first-order valence-electron chi connectivity index (χ1n) is 6.69. The molecule has 0 radical (unpaired) electrons. The molecule has 0 aliphatic heterocycles. The van der Waals surface area contributed by atoms with Gasteiger partial charge < -0.3 is 10.2 Å². The second-order valence-corrected chi connectivity index (χ2v) is 5.26. The van der Waals surface area contributed by atoms with E-state index in [9.17, 15) is 4.39 Å². The molecule has 0 bridgehead atoms. The normalized spacial score (nSPS) is 12.8. The highest BCUT2D eigenvalue weighted by atomic mass is 19.1. The lowest BCUT2D eigenvalue weighted by Crippen LogP contribution is -2.24. The van der Waals surface area contributed by atoms with Crippen molar-refractivity contribution in [3.63, 3.8) is 0 Å². The van der Waals surface area contributed by atoms with Crippen molar-refractivity contribution in [3.05, 3.63) is 29.6 Å². The van der Waals surface area contributed by atoms with Crippen LogP contribution >= 0.6 is 0 Å². The van der Waals surface area contributed by atoms with Gasteiger partial charge >= 0.3 is 0 Å². The highest BCUT2D eigenvalue weighted by Gasteiger charge is 2.12. The topological polar surface area (TPSA) is 15.3 Å². The zero-order chi connectivity index (χ0) is 13.7. The summed E-state index contributed by atoms with van der Waals surface area (Å²) < 4.78 is 14.1. The Bertz CT molecular complexity index is 377. The maximum atomic E-state index is 14.1. The van der Waals surface area contributed by atoms with Crippen molar-refractivity contribution < 1.29 is 4.39 Å². The fourth-order valence-electron chi connectivity index (χ4n) is 2.17. The number of halogens is 1. The standard InChI is InChI=1S/C15H25FN2/c1-6-17-12(4)13-7-8-15(14(16)9-13)18(5)10-11(2)3/h7-9,11-12,17H,6,10H2,1-5H3. The van der Waals surface area contributed by atoms with Gasteiger partial charge in [-0.05, 0) is 37.1 Å². The molecule has 3 heteroatoms. The summed E-state index contributed by atoms with van der Waals surface area (Å²) in [4.78, 5) is 1.97. The Morgan fingerprint density at radius 3 is 2.44 bits per heavy atom. The van der Waals surface area contributed by atoms with Crippen LogP contribution in [0, 0.1) is 11.7 Å². The second-order valence-electron chi connectivity index (χ2n) is 5.26. The average Bonchev–Trinajstić information content (AvgIpc) is 2.28. The second kappa shape index (κ2) is 6.74. The van der Waals surface area contributed by atoms with Crippen LogP contribution in [0.3, 0.4) is 0 Å². The molecule has 0 amide bonds. The number of anilines is 1. The predicted molar refractivity (Wildman–Crippen MR) is 76.6 cm³/mol. The number of hydrogen-bond acceptors (Lipinski definition) is 2. The number of hydrogen-bond donors (Lipinski definition) is 1. The van der Waals surface area contributed by atoms with E-state index in [0.29, 0.717) is 11.6 Å². The minimum absolute atomic E-state index is 0.139. The van der Waals surface area contributed by atoms with E-state index < -0.39 is 0 Å². The van der Waals surface area contributed by atoms with Crippen LogP contribution in [-0.2, 0) is 0 Å². The predicted octanol–water partition coefficient (Wildman–Crippen LogP) is 3.59. The van der Waals surface area contributed by atoms with Gasteiger partial charge in [-0.1, -0.05) is 26.8 Å². The molecule has 1 unspecified atom stereocenters. The first-order valence-corrected chi connectivity index (χ1v) is 6.69. The third kappa shape index (κ3) is 3.98. The monoisotopic (exact) mass is 252 g/mol. The Morgan fingerprint density at radius 2 is 1.94 bits per heavy atom. The summed E-state index contributed by atoms with van der Waals surface area (Å²) in [7, 11) is 1.94. The Balaban J connectivity index is 2.85. The minimum Gasteiger partial charge on any atom is -0.372 e. The maximum Gasteiger partial charge on any atom is 0.146 e. The van der Waals surface area contributed by atoms with E-state index in [1.807, 2.05) is 24.1 Å². The molecule has 0 aliphatic carbocycles. The fourth-order valence-corrected chi connectivity index (χ4v) is 2.17. The zero-order valence-electron chi connectivity index (χ0n) is 12.1. The summed E-state index contributed by atoms with van der Waals surface area (Å²) in [5.41, 5.74) is 1.67. The highest BCUT2D eigenvalue weighted by Crippen LogP contribution is 2.23. The van der Waals surface area contributed by atoms with Gasteiger partial charge in [-0.15, -0.1) is 0 Å². The van der Waals surface area contributed by atoms with Gasteiger partial charge in [0.2, 0.25) is 0 Å². The molecule has 0 saturated heterocycles. The highest BCUT2D eigenvalue weighted by molar-refractivity contribution is 5.49. The molecule has 0 fully saturated rings. The van der Waals surface area contributed by atoms with Crippen LogP contribution in [0.15, 0.2) is 18.2 Å². The number of benzene rings is 1. The summed E-state index contributed by atoms with van der Waals surface area (Å²) in [6, 6.07) is 5.71. The van der Waals surface area contributed by atoms with E-state index in [1.54, 1.807) is 6.07 Å². The molecule has 0 aliphatic rings. The fraction of sp³-hybridized carbons (Fsp3) is 0.600. The molecule has 1 aromatic rings. The van der Waals surface area contributed by atoms with Crippen LogP contribution in [0.1, 0.15) is 39.3 Å². The molecule has 102 valence electrons. The van der Waals surface area contributed by atoms with Gasteiger partial charge in [-0.3, -0.25) is 0 Å². The molecule has 2 nitrogen and oxygen atoms in total. The molecule has 0 saturated carbocycles. The Kier molecular flexibility index (Phi) is 5.60. The molecular formula is C15H25FN2. The quantitative estimate of drug-likeness (QED) is 0.832. The van der Waals surface area contributed by atoms with Crippen molar-refractivity contribution in [2.45, 2.75) is 33.7 Å². The van der Waals surface area contributed by atoms with Crippen LogP contribution in [-0.4, -0.2) is 20.1 Å². The summed E-state index contributed by atoms with van der Waals surface area (Å²) in [5.74, 6) is 0.384. The van der Waals surface area contributed by atoms with E-state index in [4.69, 9.17) is 0 Å². The summed E-state index contributed by atoms with van der Waals surface area (Å²) in [5, 5.41) is 3.29. The molecule has 0 heterocycles. The van der Waals surface area contributed by atoms with Gasteiger partial charge in [0.1, 0.15) is 5.82 Å². The lowest BCUT2D eigenvalue weighted by molar-refractivity contribution is 0.576. The van der Waals surface area contributed by atoms with E-state index in [-0.39, 0.29) is 11.9 Å². The molecule has 1 rings (SSSR count). The van der Waals surface area contributed by atoms with Gasteiger partial charge in [0, 0.05) is 19.6 Å². The smallest absolute Gasteiger partial charge is 0.146 e. The number of nitrogens with zero attached hydrogens (tertiary/aromatic N) is 1. The average molecular weight is 252 g/mol. The maximum absolute atomic E-state index is 14.1. The van der Waals surface area contributed by atoms with Crippen LogP contribution in [0.2, 0.25) is 0 Å². The molecule has 18 heavy (non-hydrogen) atoms. The summed E-state index contributed by atoms with van der Waals surface area (Å²) in [6.07, 6.45) is 0. The van der Waals surface area contributed by atoms with Gasteiger partial charge in [0.15, 0.2) is 0 Å². The number of rotatable bonds is 6. The Morgan fingerprint density at radius 1 is 1.28 bits per heavy atom. The van der Waals surface area contributed by atoms with E-state index in [2.05, 4.69) is 33.0 Å². The Hall–Kier alpha value is -1.09. The van der Waals surface area contributed by atoms with Gasteiger partial charge in [-0.25, -0.2) is 4.39 Å². The zero-order valence-corrected chi connectivity index (χ0v) is 12.1. The van der Waals surface area contributed by atoms with Crippen molar-refractivity contribution in [2.24, 2.45) is 5.92 Å². The number of nitrogens with one attached hydrogen (secondary N) is 1. The van der Waals surface area contributed by atoms with Crippen LogP contribution in [0.5, 0.6) is 0 Å². The minimum atomic E-state index is -0.139. The van der Waals surface area contributed by atoms with E-state index in [0.717, 1.165) is 18.7 Å². The van der Waals surface area contributed by atoms with Crippen molar-refractivity contribution in [3.8, 4) is 0 Å². The lowest BCUT2D eigenvalue weighted by atomic mass is 10.1. The van der Waals surface area contributed by atoms with E-state index >= 15 is 0 Å². The van der Waals surface area contributed by atoms with Crippen LogP contribution < -0.4 is 10.2 Å². The van der Waals surface area contributed by atoms with Gasteiger partial charge in [0.05, 0.1) is 5.69 Å². The van der Waals surface area contributed by atoms with Crippen molar-refractivity contribution >= 4 is 5.69 Å². The SMILES string of the molecule is CCNC(C)c1ccc(N(C)CC(C)C)c(F)c1. The first-order chi connectivity index (χ1) is 8.45. The van der Waals surface area contributed by atoms with E-state index in [1.165, 1.54) is 0 Å². The molecule has 1 atom stereocenters. The molecule has 0 spiro atoms. The lowest BCUT2D eigenvalue weighted by Gasteiger charge is -2.23. The summed E-state index contributed by atoms with van der Waals surface area (Å²) >= 11 is 0. The largest absolute Gasteiger partial charge is 0.372 e. The third-order valence-corrected chi connectivity index (χ3v) is 3.03. The first kappa shape index (κ1) is 15.0. The molecular weight excluding hydrogens is 227 g/mol. The summed E-state index contributed by atoms with van der Waals surface area (Å²) in [6.45, 7) is 10.1. The van der Waals surface area contributed by atoms with Crippen LogP contribution in [0.25, 0.3) is 0 Å². The van der Waals surface area contributed by atoms with Crippen LogP contribution in [0.4, 0.5) is 10.1 Å². The molecule has 0 aromatic heterocycles. The third-order valence-electron chi connectivity index (χ3n) is 3.03.